The van der Waals surface area contributed by atoms with Crippen LogP contribution in [0.3, 0.4) is 0 Å². The Morgan fingerprint density at radius 3 is 2.03 bits per heavy atom. The highest BCUT2D eigenvalue weighted by Crippen LogP contribution is 2.44. The fourth-order valence-electron chi connectivity index (χ4n) is 7.66. The maximum absolute atomic E-state index is 12.4. The van der Waals surface area contributed by atoms with Crippen molar-refractivity contribution in [1.82, 2.24) is 14.4 Å². The number of rotatable bonds is 19. The number of aryl methyl sites for hydroxylation is 2. The molecule has 31 heteroatoms. The van der Waals surface area contributed by atoms with Crippen LogP contribution in [-0.4, -0.2) is 102 Å². The molecule has 0 aliphatic rings. The van der Waals surface area contributed by atoms with Crippen LogP contribution in [0.4, 0.5) is 33.6 Å². The van der Waals surface area contributed by atoms with E-state index in [9.17, 15) is 62.3 Å². The van der Waals surface area contributed by atoms with E-state index in [0.29, 0.717) is 37.2 Å². The number of pyridine rings is 1. The zero-order valence-corrected chi connectivity index (χ0v) is 44.7. The van der Waals surface area contributed by atoms with Gasteiger partial charge in [0.05, 0.1) is 58.0 Å². The van der Waals surface area contributed by atoms with E-state index >= 15 is 0 Å². The van der Waals surface area contributed by atoms with E-state index in [-0.39, 0.29) is 97.9 Å². The van der Waals surface area contributed by atoms with Gasteiger partial charge in [0.1, 0.15) is 44.1 Å². The van der Waals surface area contributed by atoms with Gasteiger partial charge in [0, 0.05) is 28.0 Å². The van der Waals surface area contributed by atoms with Crippen LogP contribution in [0.2, 0.25) is 0 Å². The standard InChI is InChI=1S/C45H40N10O15S6/c1-23-15-32(51-53-40-25(3)28(22-46)43-47-31-20-38(75(63,64)65)36(69-4)21-34(31)55(43)44(40)56)35(70-11-7-13-73(57,58)59)18-29(23)49-52-33-16-24(2)30(19-37(33)71-12-8-14-74(60,61)62)50-54-45-48-41-39(76(66,67)68)17-26-9-5-6-10-27(26)42(41)72-45/h5-6,9-10,15-21,56H,7-8,11-14H2,1-4H3,(H,57,58,59)(H,60,61,62)(H,63,64,65)(H,66,67,68). The predicted octanol–water partition coefficient (Wildman–Crippen LogP) is 10.5. The van der Waals surface area contributed by atoms with Crippen molar-refractivity contribution in [2.45, 2.75) is 48.3 Å². The summed E-state index contributed by atoms with van der Waals surface area (Å²) in [5.74, 6) is -1.87. The normalized spacial score (nSPS) is 12.9. The average Bonchev–Trinajstić information content (AvgIpc) is 3.94. The van der Waals surface area contributed by atoms with Crippen LogP contribution in [0.25, 0.3) is 37.7 Å². The van der Waals surface area contributed by atoms with E-state index in [1.54, 1.807) is 50.2 Å². The van der Waals surface area contributed by atoms with E-state index in [1.807, 2.05) is 6.07 Å². The third-order valence-corrected chi connectivity index (χ3v) is 16.7. The number of ether oxygens (including phenoxy) is 2. The summed E-state index contributed by atoms with van der Waals surface area (Å²) in [6, 6.07) is 18.7. The number of azo groups is 3. The van der Waals surface area contributed by atoms with Crippen molar-refractivity contribution in [3.63, 3.8) is 0 Å². The Balaban J connectivity index is 1.17. The maximum Gasteiger partial charge on any atom is 0.298 e. The Morgan fingerprint density at radius 2 is 1.36 bits per heavy atom. The molecule has 0 unspecified atom stereocenters. The van der Waals surface area contributed by atoms with Crippen molar-refractivity contribution in [3.05, 3.63) is 89.0 Å². The molecule has 5 N–H and O–H groups in total. The van der Waals surface area contributed by atoms with Gasteiger partial charge in [-0.05, 0) is 86.2 Å². The monoisotopic (exact) mass is 1150 g/mol. The molecule has 0 saturated carbocycles. The smallest absolute Gasteiger partial charge is 0.298 e. The highest BCUT2D eigenvalue weighted by atomic mass is 32.2. The van der Waals surface area contributed by atoms with E-state index < -0.39 is 67.6 Å². The van der Waals surface area contributed by atoms with Crippen LogP contribution < -0.4 is 9.47 Å². The van der Waals surface area contributed by atoms with Gasteiger partial charge < -0.3 is 14.6 Å². The molecule has 0 atom stereocenters. The molecule has 0 bridgehead atoms. The van der Waals surface area contributed by atoms with Gasteiger partial charge in [-0.25, -0.2) is 9.97 Å². The lowest BCUT2D eigenvalue weighted by Gasteiger charge is -2.12. The van der Waals surface area contributed by atoms with Crippen LogP contribution in [0.1, 0.15) is 35.1 Å². The fraction of sp³-hybridized carbons (Fsp3) is 0.222. The maximum atomic E-state index is 12.4. The molecule has 0 amide bonds. The molecule has 3 heterocycles. The zero-order valence-electron chi connectivity index (χ0n) is 39.8. The third-order valence-electron chi connectivity index (χ3n) is 11.3. The summed E-state index contributed by atoms with van der Waals surface area (Å²) in [5, 5.41) is 49.6. The molecule has 76 heavy (non-hydrogen) atoms. The average molecular weight is 1150 g/mol. The Morgan fingerprint density at radius 1 is 0.724 bits per heavy atom. The summed E-state index contributed by atoms with van der Waals surface area (Å²) < 4.78 is 146. The summed E-state index contributed by atoms with van der Waals surface area (Å²) in [4.78, 5) is 8.16. The molecule has 3 aromatic heterocycles. The Bertz CT molecular complexity index is 4310. The lowest BCUT2D eigenvalue weighted by Crippen LogP contribution is -2.08. The van der Waals surface area contributed by atoms with Crippen molar-refractivity contribution in [2.75, 3.05) is 31.0 Å². The van der Waals surface area contributed by atoms with Crippen molar-refractivity contribution in [1.29, 1.82) is 5.26 Å². The van der Waals surface area contributed by atoms with Crippen LogP contribution >= 0.6 is 23.1 Å². The molecule has 396 valence electrons. The number of thiazole rings is 1. The minimum absolute atomic E-state index is 0.00952. The van der Waals surface area contributed by atoms with E-state index in [4.69, 9.17) is 9.47 Å². The number of hydrogen-bond acceptors (Lipinski definition) is 22. The van der Waals surface area contributed by atoms with Crippen molar-refractivity contribution in [3.8, 4) is 23.4 Å². The third kappa shape index (κ3) is 12.1. The molecule has 25 nitrogen and oxygen atoms in total. The molecule has 0 fully saturated rings. The summed E-state index contributed by atoms with van der Waals surface area (Å²) in [6.07, 6.45) is -0.121. The first kappa shape index (κ1) is 55.1. The van der Waals surface area contributed by atoms with Gasteiger partial charge in [-0.15, -0.1) is 37.3 Å². The molecule has 0 spiro atoms. The Labute approximate surface area is 440 Å². The fourth-order valence-corrected chi connectivity index (χ4v) is 12.1. The van der Waals surface area contributed by atoms with Crippen molar-refractivity contribution in [2.24, 2.45) is 30.7 Å². The number of benzene rings is 5. The van der Waals surface area contributed by atoms with Gasteiger partial charge >= 0.3 is 0 Å². The highest BCUT2D eigenvalue weighted by molar-refractivity contribution is 7.99. The van der Waals surface area contributed by atoms with E-state index in [0.717, 1.165) is 28.9 Å². The number of nitrogens with zero attached hydrogens (tertiary/aromatic N) is 10. The molecule has 0 radical (unpaired) electrons. The van der Waals surface area contributed by atoms with Gasteiger partial charge in [0.15, 0.2) is 11.3 Å². The SMILES string of the molecule is COc1cc2c(cc1S(=O)(=O)O)nc1c(C#N)c(C)c(N=Nc3cc(C)c(N=Nc4cc(C)c(N=Nc5nc6c(S(=O)(=O)O)cc7ccccc7c6s5)cc4SCCCS(=O)(=O)O)cc3OCCCS(=O)(=O)O)c(O)n12. The molecular formula is C45H40N10O15S6. The van der Waals surface area contributed by atoms with Crippen LogP contribution in [0.5, 0.6) is 17.4 Å². The van der Waals surface area contributed by atoms with Crippen LogP contribution in [0, 0.1) is 32.1 Å². The zero-order chi connectivity index (χ0) is 55.1. The first-order chi connectivity index (χ1) is 35.7. The molecule has 8 aromatic rings. The Kier molecular flexibility index (Phi) is 15.6. The lowest BCUT2D eigenvalue weighted by atomic mass is 10.1. The first-order valence-electron chi connectivity index (χ1n) is 21.9. The molecule has 0 saturated heterocycles. The van der Waals surface area contributed by atoms with E-state index in [1.165, 1.54) is 43.0 Å². The van der Waals surface area contributed by atoms with Crippen molar-refractivity contribution < 1.29 is 66.5 Å². The van der Waals surface area contributed by atoms with Gasteiger partial charge in [0.25, 0.3) is 40.5 Å². The van der Waals surface area contributed by atoms with Gasteiger partial charge in [0.2, 0.25) is 11.0 Å². The van der Waals surface area contributed by atoms with Gasteiger partial charge in [-0.1, -0.05) is 35.6 Å². The molecule has 5 aromatic carbocycles. The lowest BCUT2D eigenvalue weighted by molar-refractivity contribution is 0.317. The number of methoxy groups -OCH3 is 1. The van der Waals surface area contributed by atoms with Crippen LogP contribution in [-0.2, 0) is 40.5 Å². The first-order valence-corrected chi connectivity index (χ1v) is 29.8. The number of hydrogen-bond donors (Lipinski definition) is 5. The summed E-state index contributed by atoms with van der Waals surface area (Å²) in [6.45, 7) is 4.55. The predicted molar refractivity (Wildman–Crippen MR) is 280 cm³/mol. The van der Waals surface area contributed by atoms with E-state index in [2.05, 4.69) is 40.7 Å². The summed E-state index contributed by atoms with van der Waals surface area (Å²) in [5.41, 5.74) is 1.56. The molecule has 0 aliphatic carbocycles. The second-order valence-corrected chi connectivity index (χ2v) is 24.6. The number of thioether (sulfide) groups is 1. The second kappa shape index (κ2) is 21.5. The van der Waals surface area contributed by atoms with Crippen LogP contribution in [0.15, 0.2) is 112 Å². The quantitative estimate of drug-likeness (QED) is 0.0217. The van der Waals surface area contributed by atoms with Crippen molar-refractivity contribution >= 4 is 135 Å². The molecule has 8 rings (SSSR count). The minimum Gasteiger partial charge on any atom is -0.495 e. The minimum atomic E-state index is -4.79. The number of aromatic hydroxyl groups is 1. The number of aromatic nitrogens is 3. The molecular weight excluding hydrogens is 1110 g/mol. The highest BCUT2D eigenvalue weighted by Gasteiger charge is 2.26. The number of nitriles is 1. The second-order valence-electron chi connectivity index (χ2n) is 16.6. The largest absolute Gasteiger partial charge is 0.495 e. The number of fused-ring (bicyclic) bond motifs is 6. The molecule has 0 aliphatic heterocycles. The van der Waals surface area contributed by atoms with Gasteiger partial charge in [-0.3, -0.25) is 22.6 Å². The Hall–Kier alpha value is -7.12. The summed E-state index contributed by atoms with van der Waals surface area (Å²) in [7, 11) is -17.0. The van der Waals surface area contributed by atoms with Gasteiger partial charge in [-0.2, -0.15) is 44.0 Å². The number of imidazole rings is 1. The summed E-state index contributed by atoms with van der Waals surface area (Å²) >= 11 is 2.22. The topological polar surface area (TPSA) is 384 Å².